The summed E-state index contributed by atoms with van der Waals surface area (Å²) < 4.78 is 15.2. The zero-order valence-corrected chi connectivity index (χ0v) is 10.0. The van der Waals surface area contributed by atoms with Crippen LogP contribution in [0, 0.1) is 5.82 Å². The minimum absolute atomic E-state index is 0.169. The lowest BCUT2D eigenvalue weighted by atomic mass is 9.93. The minimum Gasteiger partial charge on any atom is -0.346 e. The van der Waals surface area contributed by atoms with Gasteiger partial charge >= 0.3 is 0 Å². The molecule has 0 aliphatic heterocycles. The number of benzene rings is 1. The number of aromatic nitrogens is 1. The first-order valence-electron chi connectivity index (χ1n) is 6.21. The second-order valence-electron chi connectivity index (χ2n) is 4.91. The monoisotopic (exact) mass is 232 g/mol. The van der Waals surface area contributed by atoms with Gasteiger partial charge in [-0.2, -0.15) is 0 Å². The molecule has 2 aromatic rings. The molecule has 17 heavy (non-hydrogen) atoms. The Hall–Kier alpha value is -1.35. The number of nitrogens with zero attached hydrogens (tertiary/aromatic N) is 1. The number of aryl methyl sites for hydroxylation is 1. The van der Waals surface area contributed by atoms with Crippen molar-refractivity contribution in [1.29, 1.82) is 0 Å². The molecule has 1 aliphatic rings. The van der Waals surface area contributed by atoms with Crippen LogP contribution in [0.1, 0.15) is 25.0 Å². The van der Waals surface area contributed by atoms with Crippen molar-refractivity contribution in [2.75, 3.05) is 0 Å². The molecule has 1 heterocycles. The van der Waals surface area contributed by atoms with E-state index in [1.165, 1.54) is 31.0 Å². The highest BCUT2D eigenvalue weighted by Crippen LogP contribution is 2.22. The molecule has 0 radical (unpaired) electrons. The molecule has 1 aliphatic carbocycles. The van der Waals surface area contributed by atoms with E-state index >= 15 is 0 Å². The normalized spacial score (nSPS) is 16.4. The van der Waals surface area contributed by atoms with Crippen LogP contribution in [0.4, 0.5) is 4.39 Å². The Morgan fingerprint density at radius 3 is 2.88 bits per heavy atom. The van der Waals surface area contributed by atoms with Gasteiger partial charge in [-0.15, -0.1) is 0 Å². The van der Waals surface area contributed by atoms with Gasteiger partial charge in [0, 0.05) is 30.7 Å². The van der Waals surface area contributed by atoms with Gasteiger partial charge in [0.2, 0.25) is 0 Å². The zero-order valence-electron chi connectivity index (χ0n) is 10.0. The van der Waals surface area contributed by atoms with Gasteiger partial charge < -0.3 is 9.88 Å². The van der Waals surface area contributed by atoms with E-state index < -0.39 is 0 Å². The summed E-state index contributed by atoms with van der Waals surface area (Å²) in [6.07, 6.45) is 3.93. The summed E-state index contributed by atoms with van der Waals surface area (Å²) in [6.45, 7) is 0.872. The quantitative estimate of drug-likeness (QED) is 0.861. The molecular weight excluding hydrogens is 215 g/mol. The van der Waals surface area contributed by atoms with E-state index in [2.05, 4.69) is 16.0 Å². The van der Waals surface area contributed by atoms with Crippen LogP contribution in [0.2, 0.25) is 0 Å². The van der Waals surface area contributed by atoms with E-state index in [0.29, 0.717) is 6.04 Å². The van der Waals surface area contributed by atoms with E-state index in [9.17, 15) is 4.39 Å². The Morgan fingerprint density at radius 2 is 2.18 bits per heavy atom. The molecule has 1 fully saturated rings. The molecule has 3 rings (SSSR count). The molecule has 1 aromatic heterocycles. The first-order chi connectivity index (χ1) is 8.24. The highest BCUT2D eigenvalue weighted by Gasteiger charge is 2.17. The van der Waals surface area contributed by atoms with Crippen LogP contribution in [-0.2, 0) is 13.6 Å². The average molecular weight is 232 g/mol. The van der Waals surface area contributed by atoms with Gasteiger partial charge in [-0.1, -0.05) is 6.42 Å². The lowest BCUT2D eigenvalue weighted by Gasteiger charge is -2.26. The summed E-state index contributed by atoms with van der Waals surface area (Å²) in [5, 5.41) is 4.65. The van der Waals surface area contributed by atoms with Gasteiger partial charge in [0.1, 0.15) is 5.82 Å². The SMILES string of the molecule is Cn1c(CNC2CCC2)cc2ccc(F)cc21. The van der Waals surface area contributed by atoms with Gasteiger partial charge in [0.05, 0.1) is 5.52 Å². The van der Waals surface area contributed by atoms with Crippen LogP contribution in [0.15, 0.2) is 24.3 Å². The molecule has 0 atom stereocenters. The zero-order chi connectivity index (χ0) is 11.8. The molecule has 2 nitrogen and oxygen atoms in total. The molecule has 0 unspecified atom stereocenters. The predicted octanol–water partition coefficient (Wildman–Crippen LogP) is 2.96. The third-order valence-corrected chi connectivity index (χ3v) is 3.78. The van der Waals surface area contributed by atoms with Crippen molar-refractivity contribution in [2.24, 2.45) is 7.05 Å². The number of hydrogen-bond acceptors (Lipinski definition) is 1. The van der Waals surface area contributed by atoms with Gasteiger partial charge in [0.15, 0.2) is 0 Å². The van der Waals surface area contributed by atoms with E-state index in [1.807, 2.05) is 13.1 Å². The third kappa shape index (κ3) is 1.95. The van der Waals surface area contributed by atoms with Crippen LogP contribution in [0.25, 0.3) is 10.9 Å². The highest BCUT2D eigenvalue weighted by molar-refractivity contribution is 5.81. The van der Waals surface area contributed by atoms with Crippen molar-refractivity contribution in [1.82, 2.24) is 9.88 Å². The van der Waals surface area contributed by atoms with Crippen molar-refractivity contribution in [3.05, 3.63) is 35.8 Å². The fourth-order valence-electron chi connectivity index (χ4n) is 2.39. The number of halogens is 1. The fourth-order valence-corrected chi connectivity index (χ4v) is 2.39. The topological polar surface area (TPSA) is 17.0 Å². The van der Waals surface area contributed by atoms with Crippen LogP contribution in [-0.4, -0.2) is 10.6 Å². The molecule has 0 saturated heterocycles. The second-order valence-corrected chi connectivity index (χ2v) is 4.91. The average Bonchev–Trinajstić information content (AvgIpc) is 2.55. The van der Waals surface area contributed by atoms with Crippen molar-refractivity contribution in [2.45, 2.75) is 31.8 Å². The summed E-state index contributed by atoms with van der Waals surface area (Å²) >= 11 is 0. The maximum atomic E-state index is 13.2. The first kappa shape index (κ1) is 10.8. The smallest absolute Gasteiger partial charge is 0.125 e. The predicted molar refractivity (Wildman–Crippen MR) is 67.4 cm³/mol. The molecule has 1 aromatic carbocycles. The third-order valence-electron chi connectivity index (χ3n) is 3.78. The standard InChI is InChI=1S/C14H17FN2/c1-17-13(9-16-12-3-2-4-12)7-10-5-6-11(15)8-14(10)17/h5-8,12,16H,2-4,9H2,1H3. The lowest BCUT2D eigenvalue weighted by molar-refractivity contribution is 0.336. The van der Waals surface area contributed by atoms with E-state index in [1.54, 1.807) is 6.07 Å². The second kappa shape index (κ2) is 4.15. The fraction of sp³-hybridized carbons (Fsp3) is 0.429. The van der Waals surface area contributed by atoms with Gasteiger partial charge in [-0.25, -0.2) is 4.39 Å². The maximum Gasteiger partial charge on any atom is 0.125 e. The van der Waals surface area contributed by atoms with Crippen molar-refractivity contribution >= 4 is 10.9 Å². The van der Waals surface area contributed by atoms with Crippen LogP contribution < -0.4 is 5.32 Å². The number of hydrogen-bond donors (Lipinski definition) is 1. The number of nitrogens with one attached hydrogen (secondary N) is 1. The van der Waals surface area contributed by atoms with Crippen molar-refractivity contribution < 1.29 is 4.39 Å². The van der Waals surface area contributed by atoms with Gasteiger partial charge in [-0.05, 0) is 37.1 Å². The Labute approximate surface area is 100 Å². The summed E-state index contributed by atoms with van der Waals surface area (Å²) in [6, 6.07) is 7.79. The van der Waals surface area contributed by atoms with Gasteiger partial charge in [-0.3, -0.25) is 0 Å². The summed E-state index contributed by atoms with van der Waals surface area (Å²) in [4.78, 5) is 0. The van der Waals surface area contributed by atoms with Crippen molar-refractivity contribution in [3.8, 4) is 0 Å². The summed E-state index contributed by atoms with van der Waals surface area (Å²) in [5.41, 5.74) is 2.19. The molecule has 1 saturated carbocycles. The molecule has 0 bridgehead atoms. The lowest BCUT2D eigenvalue weighted by Crippen LogP contribution is -2.34. The Kier molecular flexibility index (Phi) is 2.63. The van der Waals surface area contributed by atoms with E-state index in [0.717, 1.165) is 17.4 Å². The Bertz CT molecular complexity index is 540. The molecule has 1 N–H and O–H groups in total. The molecule has 0 spiro atoms. The summed E-state index contributed by atoms with van der Waals surface area (Å²) in [5.74, 6) is -0.169. The van der Waals surface area contributed by atoms with Gasteiger partial charge in [0.25, 0.3) is 0 Å². The molecular formula is C14H17FN2. The minimum atomic E-state index is -0.169. The maximum absolute atomic E-state index is 13.2. The van der Waals surface area contributed by atoms with Crippen LogP contribution in [0.3, 0.4) is 0 Å². The van der Waals surface area contributed by atoms with E-state index in [-0.39, 0.29) is 5.82 Å². The highest BCUT2D eigenvalue weighted by atomic mass is 19.1. The molecule has 0 amide bonds. The first-order valence-corrected chi connectivity index (χ1v) is 6.21. The molecule has 3 heteroatoms. The van der Waals surface area contributed by atoms with Crippen LogP contribution >= 0.6 is 0 Å². The van der Waals surface area contributed by atoms with Crippen LogP contribution in [0.5, 0.6) is 0 Å². The Morgan fingerprint density at radius 1 is 1.35 bits per heavy atom. The van der Waals surface area contributed by atoms with Crippen molar-refractivity contribution in [3.63, 3.8) is 0 Å². The number of fused-ring (bicyclic) bond motifs is 1. The molecule has 90 valence electrons. The number of rotatable bonds is 3. The summed E-state index contributed by atoms with van der Waals surface area (Å²) in [7, 11) is 2.00. The van der Waals surface area contributed by atoms with E-state index in [4.69, 9.17) is 0 Å². The largest absolute Gasteiger partial charge is 0.346 e. The Balaban J connectivity index is 1.85.